The van der Waals surface area contributed by atoms with E-state index in [0.717, 1.165) is 13.0 Å². The summed E-state index contributed by atoms with van der Waals surface area (Å²) in [5.41, 5.74) is 0. The maximum absolute atomic E-state index is 8.97. The Morgan fingerprint density at radius 3 is 3.00 bits per heavy atom. The van der Waals surface area contributed by atoms with Gasteiger partial charge in [0, 0.05) is 11.8 Å². The minimum atomic E-state index is 0.0754. The minimum Gasteiger partial charge on any atom is -0.395 e. The minimum absolute atomic E-state index is 0.0754. The van der Waals surface area contributed by atoms with E-state index in [4.69, 9.17) is 16.7 Å². The molecule has 2 N–H and O–H groups in total. The summed E-state index contributed by atoms with van der Waals surface area (Å²) in [5.74, 6) is 0.582. The summed E-state index contributed by atoms with van der Waals surface area (Å²) in [6, 6.07) is 0. The number of anilines is 1. The molecule has 1 aromatic rings. The molecule has 1 aromatic heterocycles. The Kier molecular flexibility index (Phi) is 5.87. The molecule has 6 heteroatoms. The van der Waals surface area contributed by atoms with Gasteiger partial charge in [0.2, 0.25) is 5.95 Å². The van der Waals surface area contributed by atoms with Crippen molar-refractivity contribution >= 4 is 29.3 Å². The quantitative estimate of drug-likeness (QED) is 0.608. The van der Waals surface area contributed by atoms with Crippen LogP contribution in [0.25, 0.3) is 0 Å². The molecule has 1 rings (SSSR count). The molecule has 1 unspecified atom stereocenters. The largest absolute Gasteiger partial charge is 0.395 e. The van der Waals surface area contributed by atoms with E-state index in [0.29, 0.717) is 16.0 Å². The molecule has 1 heterocycles. The molecule has 0 aliphatic heterocycles. The lowest BCUT2D eigenvalue weighted by Crippen LogP contribution is -2.07. The van der Waals surface area contributed by atoms with Crippen LogP contribution in [0.1, 0.15) is 20.3 Å². The maximum atomic E-state index is 8.97. The molecule has 0 aromatic carbocycles. The molecule has 16 heavy (non-hydrogen) atoms. The highest BCUT2D eigenvalue weighted by molar-refractivity contribution is 8.00. The van der Waals surface area contributed by atoms with Gasteiger partial charge < -0.3 is 10.4 Å². The average molecular weight is 262 g/mol. The number of aliphatic hydroxyl groups excluding tert-OH is 1. The fourth-order valence-electron chi connectivity index (χ4n) is 0.984. The summed E-state index contributed by atoms with van der Waals surface area (Å²) < 4.78 is 0. The van der Waals surface area contributed by atoms with E-state index in [1.807, 2.05) is 6.92 Å². The zero-order valence-electron chi connectivity index (χ0n) is 9.40. The SMILES string of the molecule is CCCNc1ncc(Cl)c(SC(C)CO)n1. The van der Waals surface area contributed by atoms with Crippen molar-refractivity contribution in [2.45, 2.75) is 30.5 Å². The van der Waals surface area contributed by atoms with Gasteiger partial charge >= 0.3 is 0 Å². The van der Waals surface area contributed by atoms with Gasteiger partial charge in [-0.15, -0.1) is 0 Å². The fraction of sp³-hybridized carbons (Fsp3) is 0.600. The Labute approximate surface area is 105 Å². The lowest BCUT2D eigenvalue weighted by atomic mass is 10.5. The smallest absolute Gasteiger partial charge is 0.223 e. The van der Waals surface area contributed by atoms with E-state index in [9.17, 15) is 0 Å². The first-order valence-corrected chi connectivity index (χ1v) is 6.47. The molecule has 1 atom stereocenters. The zero-order chi connectivity index (χ0) is 12.0. The summed E-state index contributed by atoms with van der Waals surface area (Å²) in [5, 5.41) is 13.4. The molecule has 0 spiro atoms. The zero-order valence-corrected chi connectivity index (χ0v) is 11.0. The molecular weight excluding hydrogens is 246 g/mol. The van der Waals surface area contributed by atoms with Crippen molar-refractivity contribution in [2.75, 3.05) is 18.5 Å². The lowest BCUT2D eigenvalue weighted by molar-refractivity contribution is 0.300. The molecule has 90 valence electrons. The highest BCUT2D eigenvalue weighted by Gasteiger charge is 2.10. The van der Waals surface area contributed by atoms with E-state index in [2.05, 4.69) is 22.2 Å². The normalized spacial score (nSPS) is 12.5. The second kappa shape index (κ2) is 6.93. The molecule has 0 saturated heterocycles. The van der Waals surface area contributed by atoms with Crippen LogP contribution in [-0.2, 0) is 0 Å². The molecule has 0 radical (unpaired) electrons. The third-order valence-corrected chi connectivity index (χ3v) is 3.29. The Morgan fingerprint density at radius 2 is 2.38 bits per heavy atom. The Morgan fingerprint density at radius 1 is 1.62 bits per heavy atom. The number of hydrogen-bond acceptors (Lipinski definition) is 5. The van der Waals surface area contributed by atoms with Crippen LogP contribution in [0, 0.1) is 0 Å². The second-order valence-electron chi connectivity index (χ2n) is 3.38. The van der Waals surface area contributed by atoms with Crippen LogP contribution >= 0.6 is 23.4 Å². The number of halogens is 1. The summed E-state index contributed by atoms with van der Waals surface area (Å²) >= 11 is 7.42. The van der Waals surface area contributed by atoms with Gasteiger partial charge in [-0.1, -0.05) is 37.2 Å². The van der Waals surface area contributed by atoms with Crippen molar-refractivity contribution < 1.29 is 5.11 Å². The molecule has 0 aliphatic carbocycles. The number of rotatable bonds is 6. The third kappa shape index (κ3) is 4.15. The van der Waals surface area contributed by atoms with E-state index in [1.165, 1.54) is 11.8 Å². The van der Waals surface area contributed by atoms with Gasteiger partial charge in [0.25, 0.3) is 0 Å². The van der Waals surface area contributed by atoms with Crippen molar-refractivity contribution in [3.63, 3.8) is 0 Å². The van der Waals surface area contributed by atoms with Gasteiger partial charge in [0.15, 0.2) is 0 Å². The molecule has 0 bridgehead atoms. The first kappa shape index (κ1) is 13.5. The standard InChI is InChI=1S/C10H16ClN3OS/c1-3-4-12-10-13-5-8(11)9(14-10)16-7(2)6-15/h5,7,15H,3-4,6H2,1-2H3,(H,12,13,14). The van der Waals surface area contributed by atoms with Crippen molar-refractivity contribution in [1.82, 2.24) is 9.97 Å². The van der Waals surface area contributed by atoms with Crippen LogP contribution in [0.2, 0.25) is 5.02 Å². The van der Waals surface area contributed by atoms with Gasteiger partial charge in [-0.2, -0.15) is 0 Å². The van der Waals surface area contributed by atoms with E-state index in [1.54, 1.807) is 6.20 Å². The molecule has 0 fully saturated rings. The van der Waals surface area contributed by atoms with Gasteiger partial charge in [-0.25, -0.2) is 9.97 Å². The summed E-state index contributed by atoms with van der Waals surface area (Å²) in [7, 11) is 0. The fourth-order valence-corrected chi connectivity index (χ4v) is 1.97. The monoisotopic (exact) mass is 261 g/mol. The number of thioether (sulfide) groups is 1. The first-order valence-electron chi connectivity index (χ1n) is 5.21. The predicted molar refractivity (Wildman–Crippen MR) is 68.2 cm³/mol. The molecule has 0 aliphatic rings. The van der Waals surface area contributed by atoms with Crippen LogP contribution in [0.3, 0.4) is 0 Å². The number of aromatic nitrogens is 2. The van der Waals surface area contributed by atoms with Crippen molar-refractivity contribution in [3.05, 3.63) is 11.2 Å². The van der Waals surface area contributed by atoms with Gasteiger partial charge in [0.1, 0.15) is 5.03 Å². The van der Waals surface area contributed by atoms with Gasteiger partial charge in [-0.3, -0.25) is 0 Å². The number of aliphatic hydroxyl groups is 1. The number of nitrogens with one attached hydrogen (secondary N) is 1. The average Bonchev–Trinajstić information content (AvgIpc) is 2.30. The second-order valence-corrected chi connectivity index (χ2v) is 5.22. The Hall–Kier alpha value is -0.520. The summed E-state index contributed by atoms with van der Waals surface area (Å²) in [6.45, 7) is 4.93. The van der Waals surface area contributed by atoms with Crippen molar-refractivity contribution in [3.8, 4) is 0 Å². The number of nitrogens with zero attached hydrogens (tertiary/aromatic N) is 2. The predicted octanol–water partition coefficient (Wildman–Crippen LogP) is 2.42. The third-order valence-electron chi connectivity index (χ3n) is 1.81. The maximum Gasteiger partial charge on any atom is 0.223 e. The lowest BCUT2D eigenvalue weighted by Gasteiger charge is -2.09. The van der Waals surface area contributed by atoms with Crippen LogP contribution < -0.4 is 5.32 Å². The van der Waals surface area contributed by atoms with Crippen LogP contribution in [0.15, 0.2) is 11.2 Å². The Bertz CT molecular complexity index is 338. The highest BCUT2D eigenvalue weighted by Crippen LogP contribution is 2.28. The van der Waals surface area contributed by atoms with Crippen LogP contribution in [0.5, 0.6) is 0 Å². The Balaban J connectivity index is 2.73. The van der Waals surface area contributed by atoms with E-state index in [-0.39, 0.29) is 11.9 Å². The topological polar surface area (TPSA) is 58.0 Å². The van der Waals surface area contributed by atoms with Crippen molar-refractivity contribution in [1.29, 1.82) is 0 Å². The van der Waals surface area contributed by atoms with Crippen LogP contribution in [-0.4, -0.2) is 33.5 Å². The summed E-state index contributed by atoms with van der Waals surface area (Å²) in [6.07, 6.45) is 2.60. The van der Waals surface area contributed by atoms with E-state index >= 15 is 0 Å². The molecule has 4 nitrogen and oxygen atoms in total. The van der Waals surface area contributed by atoms with E-state index < -0.39 is 0 Å². The highest BCUT2D eigenvalue weighted by atomic mass is 35.5. The molecular formula is C10H16ClN3OS. The summed E-state index contributed by atoms with van der Waals surface area (Å²) in [4.78, 5) is 8.37. The van der Waals surface area contributed by atoms with Crippen molar-refractivity contribution in [2.24, 2.45) is 0 Å². The van der Waals surface area contributed by atoms with Gasteiger partial charge in [-0.05, 0) is 6.42 Å². The number of hydrogen-bond donors (Lipinski definition) is 2. The first-order chi connectivity index (χ1) is 7.67. The van der Waals surface area contributed by atoms with Crippen LogP contribution in [0.4, 0.5) is 5.95 Å². The molecule has 0 amide bonds. The molecule has 0 saturated carbocycles. The van der Waals surface area contributed by atoms with Gasteiger partial charge in [0.05, 0.1) is 17.8 Å².